The summed E-state index contributed by atoms with van der Waals surface area (Å²) in [4.78, 5) is 17.5. The maximum Gasteiger partial charge on any atom is 0.276 e. The van der Waals surface area contributed by atoms with E-state index in [0.717, 1.165) is 5.75 Å². The minimum absolute atomic E-state index is 0.212. The van der Waals surface area contributed by atoms with Crippen LogP contribution >= 0.6 is 11.8 Å². The Morgan fingerprint density at radius 2 is 2.00 bits per heavy atom. The number of amides is 1. The number of amidine groups is 1. The van der Waals surface area contributed by atoms with Gasteiger partial charge in [0.05, 0.1) is 5.36 Å². The summed E-state index contributed by atoms with van der Waals surface area (Å²) in [5, 5.41) is 30.3. The number of carbonyl (C=O) groups excluding carboxylic acids is 1. The molecule has 4 rings (SSSR count). The number of phenolic OH excluding ortho intramolecular Hbond substituents is 2. The van der Waals surface area contributed by atoms with Gasteiger partial charge in [-0.1, -0.05) is 43.0 Å². The van der Waals surface area contributed by atoms with E-state index in [1.165, 1.54) is 23.9 Å². The Bertz CT molecular complexity index is 1050. The number of hydrogen-bond donors (Lipinski definition) is 3. The van der Waals surface area contributed by atoms with Crippen LogP contribution in [0.1, 0.15) is 18.7 Å². The van der Waals surface area contributed by atoms with Crippen molar-refractivity contribution in [3.8, 4) is 11.5 Å². The van der Waals surface area contributed by atoms with Gasteiger partial charge in [-0.15, -0.1) is 5.10 Å². The van der Waals surface area contributed by atoms with Gasteiger partial charge in [-0.25, -0.2) is 5.01 Å². The largest absolute Gasteiger partial charge is 0.504 e. The van der Waals surface area contributed by atoms with Crippen LogP contribution in [0.25, 0.3) is 5.70 Å². The molecule has 26 heavy (non-hydrogen) atoms. The number of benzene rings is 2. The van der Waals surface area contributed by atoms with Crippen molar-refractivity contribution in [2.75, 3.05) is 5.75 Å². The number of carbonyl (C=O) groups is 1. The first-order valence-corrected chi connectivity index (χ1v) is 9.08. The van der Waals surface area contributed by atoms with Crippen molar-refractivity contribution in [3.05, 3.63) is 58.6 Å². The third kappa shape index (κ3) is 2.68. The van der Waals surface area contributed by atoms with Crippen molar-refractivity contribution >= 4 is 28.5 Å². The van der Waals surface area contributed by atoms with Gasteiger partial charge in [0.25, 0.3) is 5.91 Å². The number of aromatic hydroxyl groups is 2. The minimum Gasteiger partial charge on any atom is -0.504 e. The van der Waals surface area contributed by atoms with E-state index in [4.69, 9.17) is 4.99 Å². The molecule has 0 fully saturated rings. The lowest BCUT2D eigenvalue weighted by atomic mass is 10.1. The van der Waals surface area contributed by atoms with Gasteiger partial charge in [0.1, 0.15) is 5.70 Å². The summed E-state index contributed by atoms with van der Waals surface area (Å²) in [6, 6.07) is 11.9. The Kier molecular flexibility index (Phi) is 4.04. The number of rotatable bonds is 2. The summed E-state index contributed by atoms with van der Waals surface area (Å²) in [6.45, 7) is 1.98. The summed E-state index contributed by atoms with van der Waals surface area (Å²) in [5.41, 5.74) is 1.03. The molecule has 0 saturated carbocycles. The normalized spacial score (nSPS) is 18.4. The molecule has 1 amide bonds. The predicted octanol–water partition coefficient (Wildman–Crippen LogP) is 0.994. The smallest absolute Gasteiger partial charge is 0.276 e. The molecule has 0 saturated heterocycles. The standard InChI is InChI=1S/C18H16N4O3S/c1-2-26-18-20-17(25)15-11-5-3-4-6-12(11)19-16(22(15)21-18)10-7-8-13(23)14(24)9-10/h3-9,16,23-24H,2H2,1H3,(H,20,21,25). The van der Waals surface area contributed by atoms with Gasteiger partial charge in [0.15, 0.2) is 22.8 Å². The molecule has 7 nitrogen and oxygen atoms in total. The lowest BCUT2D eigenvalue weighted by Gasteiger charge is -2.34. The first kappa shape index (κ1) is 16.5. The summed E-state index contributed by atoms with van der Waals surface area (Å²) in [5.74, 6) is 0.0648. The molecule has 0 aliphatic carbocycles. The Labute approximate surface area is 153 Å². The number of nitrogens with zero attached hydrogens (tertiary/aromatic N) is 3. The topological polar surface area (TPSA) is 97.5 Å². The molecular weight excluding hydrogens is 352 g/mol. The quantitative estimate of drug-likeness (QED) is 0.687. The molecule has 0 radical (unpaired) electrons. The van der Waals surface area contributed by atoms with E-state index < -0.39 is 6.17 Å². The second-order valence-corrected chi connectivity index (χ2v) is 7.01. The van der Waals surface area contributed by atoms with Crippen LogP contribution in [0.5, 0.6) is 11.5 Å². The Balaban J connectivity index is 1.95. The first-order chi connectivity index (χ1) is 12.6. The van der Waals surface area contributed by atoms with E-state index >= 15 is 0 Å². The summed E-state index contributed by atoms with van der Waals surface area (Å²) in [7, 11) is 0. The average Bonchev–Trinajstić information content (AvgIpc) is 2.63. The zero-order valence-corrected chi connectivity index (χ0v) is 14.7. The fraction of sp³-hybridized carbons (Fsp3) is 0.167. The second kappa shape index (κ2) is 6.38. The van der Waals surface area contributed by atoms with Gasteiger partial charge in [0.2, 0.25) is 0 Å². The summed E-state index contributed by atoms with van der Waals surface area (Å²) in [6.07, 6.45) is -0.620. The molecule has 1 unspecified atom stereocenters. The van der Waals surface area contributed by atoms with Crippen molar-refractivity contribution in [2.24, 2.45) is 10.1 Å². The van der Waals surface area contributed by atoms with Crippen LogP contribution < -0.4 is 15.9 Å². The lowest BCUT2D eigenvalue weighted by molar-refractivity contribution is -0.116. The van der Waals surface area contributed by atoms with E-state index in [1.54, 1.807) is 11.1 Å². The van der Waals surface area contributed by atoms with Gasteiger partial charge >= 0.3 is 0 Å². The molecule has 2 aliphatic rings. The third-order valence-corrected chi connectivity index (χ3v) is 4.84. The second-order valence-electron chi connectivity index (χ2n) is 5.75. The maximum absolute atomic E-state index is 12.8. The zero-order chi connectivity index (χ0) is 18.3. The molecule has 1 atom stereocenters. The molecule has 2 aliphatic heterocycles. The molecule has 0 spiro atoms. The van der Waals surface area contributed by atoms with Crippen molar-refractivity contribution in [2.45, 2.75) is 13.1 Å². The Hall–Kier alpha value is -3.00. The molecule has 3 N–H and O–H groups in total. The highest BCUT2D eigenvalue weighted by atomic mass is 32.2. The lowest BCUT2D eigenvalue weighted by Crippen LogP contribution is -2.50. The van der Waals surface area contributed by atoms with E-state index in [-0.39, 0.29) is 17.4 Å². The molecular formula is C18H16N4O3S. The third-order valence-electron chi connectivity index (χ3n) is 4.09. The number of hydrazone groups is 1. The Morgan fingerprint density at radius 1 is 1.19 bits per heavy atom. The van der Waals surface area contributed by atoms with Crippen LogP contribution in [0.2, 0.25) is 0 Å². The fourth-order valence-electron chi connectivity index (χ4n) is 2.95. The van der Waals surface area contributed by atoms with Crippen LogP contribution in [-0.4, -0.2) is 32.0 Å². The number of phenols is 2. The van der Waals surface area contributed by atoms with Crippen molar-refractivity contribution < 1.29 is 15.0 Å². The monoisotopic (exact) mass is 368 g/mol. The van der Waals surface area contributed by atoms with Crippen LogP contribution in [0.4, 0.5) is 0 Å². The molecule has 2 aromatic carbocycles. The van der Waals surface area contributed by atoms with E-state index in [0.29, 0.717) is 27.0 Å². The highest BCUT2D eigenvalue weighted by Gasteiger charge is 2.34. The van der Waals surface area contributed by atoms with Gasteiger partial charge in [0, 0.05) is 10.8 Å². The molecule has 0 bridgehead atoms. The summed E-state index contributed by atoms with van der Waals surface area (Å²) < 4.78 is 0. The average molecular weight is 368 g/mol. The maximum atomic E-state index is 12.8. The molecule has 0 aromatic heterocycles. The molecule has 2 heterocycles. The number of para-hydroxylation sites is 1. The first-order valence-electron chi connectivity index (χ1n) is 8.09. The van der Waals surface area contributed by atoms with Crippen molar-refractivity contribution in [3.63, 3.8) is 0 Å². The van der Waals surface area contributed by atoms with Gasteiger partial charge in [-0.05, 0) is 24.0 Å². The number of fused-ring (bicyclic) bond motifs is 2. The van der Waals surface area contributed by atoms with Gasteiger partial charge in [-0.2, -0.15) is 0 Å². The zero-order valence-electron chi connectivity index (χ0n) is 13.9. The SMILES string of the molecule is CCSC1=NN2C(=c3ccccc3=NC2c2ccc(O)c(O)c2)C(=O)N1. The van der Waals surface area contributed by atoms with E-state index in [1.807, 2.05) is 31.2 Å². The minimum atomic E-state index is -0.620. The van der Waals surface area contributed by atoms with E-state index in [2.05, 4.69) is 10.4 Å². The van der Waals surface area contributed by atoms with Crippen LogP contribution in [0.3, 0.4) is 0 Å². The molecule has 2 aromatic rings. The van der Waals surface area contributed by atoms with E-state index in [9.17, 15) is 15.0 Å². The van der Waals surface area contributed by atoms with Crippen LogP contribution in [0, 0.1) is 0 Å². The highest BCUT2D eigenvalue weighted by Crippen LogP contribution is 2.34. The summed E-state index contributed by atoms with van der Waals surface area (Å²) >= 11 is 1.43. The number of hydrogen-bond acceptors (Lipinski definition) is 7. The molecule has 8 heteroatoms. The van der Waals surface area contributed by atoms with Crippen LogP contribution in [-0.2, 0) is 4.79 Å². The van der Waals surface area contributed by atoms with Crippen LogP contribution in [0.15, 0.2) is 52.6 Å². The van der Waals surface area contributed by atoms with Crippen molar-refractivity contribution in [1.29, 1.82) is 0 Å². The fourth-order valence-corrected chi connectivity index (χ4v) is 3.53. The van der Waals surface area contributed by atoms with Gasteiger partial charge in [-0.3, -0.25) is 15.1 Å². The molecule has 132 valence electrons. The number of nitrogens with one attached hydrogen (secondary N) is 1. The van der Waals surface area contributed by atoms with Gasteiger partial charge < -0.3 is 10.2 Å². The Morgan fingerprint density at radius 3 is 2.77 bits per heavy atom. The highest BCUT2D eigenvalue weighted by molar-refractivity contribution is 8.13. The predicted molar refractivity (Wildman–Crippen MR) is 98.7 cm³/mol. The van der Waals surface area contributed by atoms with Crippen molar-refractivity contribution in [1.82, 2.24) is 10.3 Å². The number of thioether (sulfide) groups is 1.